The molecule has 0 saturated heterocycles. The highest BCUT2D eigenvalue weighted by atomic mass is 31.2. The van der Waals surface area contributed by atoms with Gasteiger partial charge in [0.05, 0.1) is 26.4 Å². The van der Waals surface area contributed by atoms with Crippen molar-refractivity contribution >= 4 is 33.6 Å². The van der Waals surface area contributed by atoms with Crippen LogP contribution >= 0.6 is 15.6 Å². The smallest absolute Gasteiger partial charge is 0.463 e. The van der Waals surface area contributed by atoms with Crippen molar-refractivity contribution in [1.82, 2.24) is 0 Å². The summed E-state index contributed by atoms with van der Waals surface area (Å²) in [5.41, 5.74) is 0. The molecule has 0 aromatic rings. The van der Waals surface area contributed by atoms with E-state index in [1.165, 1.54) is 0 Å². The first kappa shape index (κ1) is 89.4. The Kier molecular flexibility index (Phi) is 64.3. The Labute approximate surface area is 572 Å². The zero-order valence-corrected chi connectivity index (χ0v) is 59.5. The molecule has 0 saturated carbocycles. The number of aliphatic hydroxyl groups excluding tert-OH is 2. The number of carbonyl (C=O) groups excluding carboxylic acids is 3. The molecule has 0 bridgehead atoms. The molecule has 0 aliphatic rings. The lowest BCUT2D eigenvalue weighted by atomic mass is 10.1. The Balaban J connectivity index is 4.85. The summed E-state index contributed by atoms with van der Waals surface area (Å²) in [6, 6.07) is 0. The lowest BCUT2D eigenvalue weighted by Crippen LogP contribution is -2.30. The Morgan fingerprint density at radius 3 is 0.905 bits per heavy atom. The summed E-state index contributed by atoms with van der Waals surface area (Å²) < 4.78 is 60.8. The van der Waals surface area contributed by atoms with E-state index < -0.39 is 91.5 Å². The Morgan fingerprint density at radius 1 is 0.295 bits per heavy atom. The quantitative estimate of drug-likeness (QED) is 0.0146. The van der Waals surface area contributed by atoms with Crippen molar-refractivity contribution in [2.24, 2.45) is 0 Å². The predicted octanol–water partition coefficient (Wildman–Crippen LogP) is 19.6. The first-order valence-corrected chi connectivity index (χ1v) is 37.7. The van der Waals surface area contributed by atoms with E-state index in [9.17, 15) is 43.5 Å². The zero-order chi connectivity index (χ0) is 69.5. The van der Waals surface area contributed by atoms with Crippen LogP contribution < -0.4 is 0 Å². The number of allylic oxidation sites excluding steroid dienone is 32. The third-order valence-electron chi connectivity index (χ3n) is 13.3. The number of carbonyl (C=O) groups is 3. The molecule has 0 fully saturated rings. The number of ether oxygens (including phenoxy) is 3. The molecule has 4 N–H and O–H groups in total. The maximum absolute atomic E-state index is 12.9. The van der Waals surface area contributed by atoms with Crippen molar-refractivity contribution in [3.05, 3.63) is 194 Å². The van der Waals surface area contributed by atoms with Gasteiger partial charge in [-0.1, -0.05) is 241 Å². The van der Waals surface area contributed by atoms with Crippen LogP contribution in [0.1, 0.15) is 213 Å². The zero-order valence-electron chi connectivity index (χ0n) is 57.7. The molecule has 0 aliphatic heterocycles. The Morgan fingerprint density at radius 2 is 0.547 bits per heavy atom. The van der Waals surface area contributed by atoms with E-state index >= 15 is 0 Å². The van der Waals surface area contributed by atoms with Crippen LogP contribution in [0.15, 0.2) is 194 Å². The van der Waals surface area contributed by atoms with Gasteiger partial charge in [0.2, 0.25) is 0 Å². The van der Waals surface area contributed by atoms with Gasteiger partial charge in [-0.05, 0) is 148 Å². The second-order valence-electron chi connectivity index (χ2n) is 22.2. The highest BCUT2D eigenvalue weighted by molar-refractivity contribution is 7.47. The minimum Gasteiger partial charge on any atom is -0.463 e. The number of phosphoric ester groups is 2. The lowest BCUT2D eigenvalue weighted by Gasteiger charge is -2.21. The highest BCUT2D eigenvalue weighted by Crippen LogP contribution is 2.45. The third-order valence-corrected chi connectivity index (χ3v) is 15.2. The largest absolute Gasteiger partial charge is 0.472 e. The van der Waals surface area contributed by atoms with Crippen LogP contribution in [0.2, 0.25) is 0 Å². The molecule has 0 amide bonds. The average Bonchev–Trinajstić information content (AvgIpc) is 1.75. The summed E-state index contributed by atoms with van der Waals surface area (Å²) in [5, 5.41) is 20.6. The monoisotopic (exact) mass is 1360 g/mol. The van der Waals surface area contributed by atoms with E-state index in [-0.39, 0.29) is 19.3 Å². The van der Waals surface area contributed by atoms with E-state index in [2.05, 4.69) is 197 Å². The Hall–Kier alpha value is -5.61. The molecule has 0 spiro atoms. The van der Waals surface area contributed by atoms with Crippen molar-refractivity contribution in [2.45, 2.75) is 232 Å². The molecule has 0 rings (SSSR count). The molecule has 0 aromatic carbocycles. The topological polar surface area (TPSA) is 231 Å². The van der Waals surface area contributed by atoms with Gasteiger partial charge in [-0.15, -0.1) is 0 Å². The minimum absolute atomic E-state index is 0.0280. The standard InChI is InChI=1S/C77H120O16P2/c1-4-7-10-13-16-19-22-25-28-31-34-35-38-40-42-45-48-51-54-57-60-63-75(80)87-66-72(78)67-89-94(83,84)90-68-73(79)69-91-95(85,86)92-71-74(93-77(82)65-62-59-56-53-50-47-44-41-37-33-30-27-24-21-18-15-12-9-6-3)70-88-76(81)64-61-58-55-52-49-46-43-39-36-32-29-26-23-20-17-14-11-8-5-2/h7-12,16-21,25-30,34-37,39-42,46-47,49-50,55,58,72-74,78-79H,4-6,13-15,22-24,31-33,38,43-45,48,51-54,56-57,59-71H2,1-3H3,(H,83,84)(H,85,86)/b10-7-,11-8-,12-9-,19-16-,20-17-,21-18-,28-25-,29-26-,30-27-,35-34-,39-36-,41-37-,42-40-,49-46-,50-47-,58-55-. The highest BCUT2D eigenvalue weighted by Gasteiger charge is 2.29. The molecule has 0 aliphatic carbocycles. The van der Waals surface area contributed by atoms with Gasteiger partial charge in [0.1, 0.15) is 25.4 Å². The molecule has 0 heterocycles. The van der Waals surface area contributed by atoms with E-state index in [0.717, 1.165) is 148 Å². The molecular weight excluding hydrogens is 1240 g/mol. The number of rotatable bonds is 63. The summed E-state index contributed by atoms with van der Waals surface area (Å²) in [5.74, 6) is -1.75. The normalized spacial score (nSPS) is 15.3. The summed E-state index contributed by atoms with van der Waals surface area (Å²) in [4.78, 5) is 58.4. The fourth-order valence-electron chi connectivity index (χ4n) is 8.12. The van der Waals surface area contributed by atoms with Crippen LogP contribution in [0.5, 0.6) is 0 Å². The molecule has 0 radical (unpaired) electrons. The van der Waals surface area contributed by atoms with Crippen molar-refractivity contribution in [2.75, 3.05) is 39.6 Å². The number of phosphoric acid groups is 2. The van der Waals surface area contributed by atoms with Crippen molar-refractivity contribution in [1.29, 1.82) is 0 Å². The van der Waals surface area contributed by atoms with Crippen LogP contribution in [0.3, 0.4) is 0 Å². The predicted molar refractivity (Wildman–Crippen MR) is 389 cm³/mol. The molecule has 95 heavy (non-hydrogen) atoms. The van der Waals surface area contributed by atoms with Crippen molar-refractivity contribution in [3.8, 4) is 0 Å². The van der Waals surface area contributed by atoms with Gasteiger partial charge >= 0.3 is 33.6 Å². The van der Waals surface area contributed by atoms with E-state index in [1.807, 2.05) is 18.2 Å². The number of esters is 3. The van der Waals surface area contributed by atoms with E-state index in [1.54, 1.807) is 0 Å². The van der Waals surface area contributed by atoms with Gasteiger partial charge < -0.3 is 34.2 Å². The van der Waals surface area contributed by atoms with Crippen LogP contribution in [0.25, 0.3) is 0 Å². The maximum Gasteiger partial charge on any atom is 0.472 e. The molecule has 18 heteroatoms. The number of unbranched alkanes of at least 4 members (excludes halogenated alkanes) is 8. The molecule has 5 atom stereocenters. The van der Waals surface area contributed by atoms with Gasteiger partial charge in [0.25, 0.3) is 0 Å². The minimum atomic E-state index is -4.97. The molecule has 5 unspecified atom stereocenters. The third kappa shape index (κ3) is 69.6. The molecule has 534 valence electrons. The van der Waals surface area contributed by atoms with Crippen molar-refractivity contribution in [3.63, 3.8) is 0 Å². The number of aliphatic hydroxyl groups is 2. The number of hydrogen-bond donors (Lipinski definition) is 4. The van der Waals surface area contributed by atoms with Crippen LogP contribution in [0.4, 0.5) is 0 Å². The fraction of sp³-hybridized carbons (Fsp3) is 0.545. The first-order chi connectivity index (χ1) is 46.2. The van der Waals surface area contributed by atoms with Gasteiger partial charge in [0, 0.05) is 19.3 Å². The summed E-state index contributed by atoms with van der Waals surface area (Å²) in [6.07, 6.45) is 87.8. The van der Waals surface area contributed by atoms with Crippen LogP contribution in [0, 0.1) is 0 Å². The van der Waals surface area contributed by atoms with Gasteiger partial charge in [0.15, 0.2) is 6.10 Å². The fourth-order valence-corrected chi connectivity index (χ4v) is 9.70. The lowest BCUT2D eigenvalue weighted by molar-refractivity contribution is -0.161. The first-order valence-electron chi connectivity index (χ1n) is 34.7. The van der Waals surface area contributed by atoms with Gasteiger partial charge in [-0.3, -0.25) is 32.5 Å². The van der Waals surface area contributed by atoms with Crippen molar-refractivity contribution < 1.29 is 75.8 Å². The summed E-state index contributed by atoms with van der Waals surface area (Å²) >= 11 is 0. The Bertz CT molecular complexity index is 2510. The van der Waals surface area contributed by atoms with E-state index in [4.69, 9.17) is 32.3 Å². The maximum atomic E-state index is 12.9. The summed E-state index contributed by atoms with van der Waals surface area (Å²) in [6.45, 7) is 2.13. The second kappa shape index (κ2) is 68.3. The molecule has 16 nitrogen and oxygen atoms in total. The van der Waals surface area contributed by atoms with Gasteiger partial charge in [-0.2, -0.15) is 0 Å². The molecular formula is C77H120O16P2. The van der Waals surface area contributed by atoms with Gasteiger partial charge in [-0.25, -0.2) is 9.13 Å². The van der Waals surface area contributed by atoms with E-state index in [0.29, 0.717) is 25.7 Å². The second-order valence-corrected chi connectivity index (χ2v) is 25.1. The molecule has 0 aromatic heterocycles. The average molecular weight is 1360 g/mol. The van der Waals surface area contributed by atoms with Crippen LogP contribution in [-0.2, 0) is 55.8 Å². The SMILES string of the molecule is CC/C=C\C/C=C\C/C=C\C/C=C\C/C=C\C/C=C\CCC(=O)OCC(COP(=O)(O)OCC(O)COP(=O)(O)OCC(O)COC(=O)CCCCCCC/C=C\C/C=C\C/C=C\C/C=C\C/C=C\CC)OC(=O)CCCCC/C=C\C/C=C\C/C=C\C/C=C\C/C=C\CC. The van der Waals surface area contributed by atoms with Crippen LogP contribution in [-0.4, -0.2) is 95.9 Å². The number of hydrogen-bond acceptors (Lipinski definition) is 14. The summed E-state index contributed by atoms with van der Waals surface area (Å²) in [7, 11) is -9.84.